The molecule has 0 heterocycles. The van der Waals surface area contributed by atoms with Crippen molar-refractivity contribution in [2.24, 2.45) is 0 Å². The Morgan fingerprint density at radius 1 is 1.04 bits per heavy atom. The Labute approximate surface area is 167 Å². The summed E-state index contributed by atoms with van der Waals surface area (Å²) in [6.45, 7) is 9.52. The van der Waals surface area contributed by atoms with E-state index in [1.54, 1.807) is 0 Å². The fourth-order valence-corrected chi connectivity index (χ4v) is 2.62. The number of aliphatic hydroxyl groups is 1. The quantitative estimate of drug-likeness (QED) is 0.394. The first kappa shape index (κ1) is 23.5. The van der Waals surface area contributed by atoms with Gasteiger partial charge in [0.05, 0.1) is 0 Å². The average molecular weight is 389 g/mol. The maximum Gasteiger partial charge on any atom is 0.195 e. The molecule has 0 saturated heterocycles. The van der Waals surface area contributed by atoms with Crippen LogP contribution in [0.3, 0.4) is 0 Å². The molecule has 0 bridgehead atoms. The third-order valence-corrected chi connectivity index (χ3v) is 4.24. The molecular formula is C23H32O5. The van der Waals surface area contributed by atoms with Crippen LogP contribution in [0.25, 0.3) is 0 Å². The number of benzene rings is 1. The zero-order chi connectivity index (χ0) is 21.3. The van der Waals surface area contributed by atoms with Crippen molar-refractivity contribution in [2.75, 3.05) is 13.2 Å². The van der Waals surface area contributed by atoms with E-state index in [0.29, 0.717) is 17.7 Å². The molecule has 1 rings (SSSR count). The highest BCUT2D eigenvalue weighted by Crippen LogP contribution is 2.39. The first-order valence-corrected chi connectivity index (χ1v) is 9.44. The number of ether oxygens (including phenoxy) is 1. The molecule has 0 unspecified atom stereocenters. The summed E-state index contributed by atoms with van der Waals surface area (Å²) in [4.78, 5) is 11.9. The van der Waals surface area contributed by atoms with E-state index in [1.807, 2.05) is 32.9 Å². The van der Waals surface area contributed by atoms with Crippen molar-refractivity contribution < 1.29 is 24.9 Å². The van der Waals surface area contributed by atoms with E-state index in [4.69, 9.17) is 9.84 Å². The van der Waals surface area contributed by atoms with Gasteiger partial charge in [0.1, 0.15) is 36.0 Å². The number of ketones is 1. The van der Waals surface area contributed by atoms with Gasteiger partial charge in [-0.2, -0.15) is 0 Å². The zero-order valence-electron chi connectivity index (χ0n) is 17.5. The van der Waals surface area contributed by atoms with Crippen molar-refractivity contribution in [3.05, 3.63) is 52.1 Å². The lowest BCUT2D eigenvalue weighted by molar-refractivity contribution is 0.0897. The third kappa shape index (κ3) is 7.24. The van der Waals surface area contributed by atoms with Crippen molar-refractivity contribution >= 4 is 5.78 Å². The average Bonchev–Trinajstić information content (AvgIpc) is 2.60. The Morgan fingerprint density at radius 2 is 1.68 bits per heavy atom. The van der Waals surface area contributed by atoms with E-state index in [2.05, 4.69) is 19.9 Å². The van der Waals surface area contributed by atoms with E-state index in [9.17, 15) is 15.0 Å². The van der Waals surface area contributed by atoms with Crippen LogP contribution in [0.5, 0.6) is 17.2 Å². The highest BCUT2D eigenvalue weighted by atomic mass is 16.5. The highest BCUT2D eigenvalue weighted by Gasteiger charge is 2.22. The summed E-state index contributed by atoms with van der Waals surface area (Å²) >= 11 is 0. The predicted octanol–water partition coefficient (Wildman–Crippen LogP) is 4.85. The van der Waals surface area contributed by atoms with Gasteiger partial charge in [-0.25, -0.2) is 0 Å². The first-order chi connectivity index (χ1) is 13.2. The normalized spacial score (nSPS) is 11.1. The number of phenolic OH excluding ortho intramolecular Hbond substituents is 2. The second-order valence-corrected chi connectivity index (χ2v) is 7.34. The fraction of sp³-hybridized carbons (Fsp3) is 0.435. The van der Waals surface area contributed by atoms with Gasteiger partial charge in [0.25, 0.3) is 0 Å². The molecule has 0 aliphatic rings. The van der Waals surface area contributed by atoms with Gasteiger partial charge in [-0.15, -0.1) is 0 Å². The summed E-state index contributed by atoms with van der Waals surface area (Å²) in [5.74, 6) is -1.18. The van der Waals surface area contributed by atoms with E-state index in [1.165, 1.54) is 17.2 Å². The summed E-state index contributed by atoms with van der Waals surface area (Å²) in [5, 5.41) is 29.8. The van der Waals surface area contributed by atoms with Crippen LogP contribution >= 0.6 is 0 Å². The minimum Gasteiger partial charge on any atom is -0.507 e. The van der Waals surface area contributed by atoms with Crippen LogP contribution in [0.15, 0.2) is 41.0 Å². The SMILES string of the molecule is CC(C)=CCCC(C)=CCOc1cc(O)c(C(=O)CO)c(O)c1CC=C(C)C. The summed E-state index contributed by atoms with van der Waals surface area (Å²) in [7, 11) is 0. The molecule has 0 fully saturated rings. The van der Waals surface area contributed by atoms with Crippen LogP contribution < -0.4 is 4.74 Å². The number of hydrogen-bond donors (Lipinski definition) is 3. The molecule has 1 aromatic carbocycles. The van der Waals surface area contributed by atoms with Crippen molar-refractivity contribution in [1.82, 2.24) is 0 Å². The van der Waals surface area contributed by atoms with Crippen LogP contribution in [0.1, 0.15) is 63.4 Å². The van der Waals surface area contributed by atoms with Crippen molar-refractivity contribution in [1.29, 1.82) is 0 Å². The third-order valence-electron chi connectivity index (χ3n) is 4.24. The number of carbonyl (C=O) groups is 1. The number of hydrogen-bond acceptors (Lipinski definition) is 5. The molecule has 0 aliphatic heterocycles. The van der Waals surface area contributed by atoms with Crippen LogP contribution in [-0.2, 0) is 6.42 Å². The first-order valence-electron chi connectivity index (χ1n) is 9.44. The van der Waals surface area contributed by atoms with Crippen LogP contribution in [-0.4, -0.2) is 34.3 Å². The maximum absolute atomic E-state index is 11.9. The monoisotopic (exact) mass is 388 g/mol. The zero-order valence-corrected chi connectivity index (χ0v) is 17.5. The van der Waals surface area contributed by atoms with E-state index < -0.39 is 18.1 Å². The van der Waals surface area contributed by atoms with Gasteiger partial charge in [-0.05, 0) is 60.0 Å². The molecule has 3 N–H and O–H groups in total. The molecule has 28 heavy (non-hydrogen) atoms. The Morgan fingerprint density at radius 3 is 2.25 bits per heavy atom. The lowest BCUT2D eigenvalue weighted by Gasteiger charge is -2.15. The Bertz CT molecular complexity index is 777. The molecule has 0 amide bonds. The molecule has 0 atom stereocenters. The molecular weight excluding hydrogens is 356 g/mol. The number of phenols is 2. The van der Waals surface area contributed by atoms with Crippen LogP contribution in [0.4, 0.5) is 0 Å². The van der Waals surface area contributed by atoms with Gasteiger partial charge in [-0.1, -0.05) is 28.9 Å². The molecule has 5 nitrogen and oxygen atoms in total. The summed E-state index contributed by atoms with van der Waals surface area (Å²) < 4.78 is 5.78. The Hall–Kier alpha value is -2.53. The lowest BCUT2D eigenvalue weighted by Crippen LogP contribution is -2.08. The predicted molar refractivity (Wildman–Crippen MR) is 112 cm³/mol. The largest absolute Gasteiger partial charge is 0.507 e. The van der Waals surface area contributed by atoms with Crippen molar-refractivity contribution in [3.63, 3.8) is 0 Å². The summed E-state index contributed by atoms with van der Waals surface area (Å²) in [6.07, 6.45) is 8.29. The molecule has 154 valence electrons. The van der Waals surface area contributed by atoms with E-state index >= 15 is 0 Å². The second kappa shape index (κ2) is 11.3. The van der Waals surface area contributed by atoms with Crippen LogP contribution in [0.2, 0.25) is 0 Å². The number of aliphatic hydroxyl groups excluding tert-OH is 1. The summed E-state index contributed by atoms with van der Waals surface area (Å²) in [5.41, 5.74) is 3.65. The number of allylic oxidation sites excluding steroid dienone is 5. The van der Waals surface area contributed by atoms with Crippen LogP contribution in [0, 0.1) is 0 Å². The molecule has 0 saturated carbocycles. The molecule has 0 spiro atoms. The molecule has 1 aromatic rings. The number of carbonyl (C=O) groups excluding carboxylic acids is 1. The fourth-order valence-electron chi connectivity index (χ4n) is 2.62. The van der Waals surface area contributed by atoms with Gasteiger partial charge in [0, 0.05) is 11.6 Å². The van der Waals surface area contributed by atoms with Crippen molar-refractivity contribution in [2.45, 2.75) is 53.9 Å². The summed E-state index contributed by atoms with van der Waals surface area (Å²) in [6, 6.07) is 1.32. The minimum atomic E-state index is -0.795. The van der Waals surface area contributed by atoms with E-state index in [-0.39, 0.29) is 17.9 Å². The smallest absolute Gasteiger partial charge is 0.195 e. The standard InChI is InChI=1S/C23H32O5/c1-15(2)7-6-8-17(5)11-12-28-21-13-19(25)22(20(26)14-24)23(27)18(21)10-9-16(3)4/h7,9,11,13,24-25,27H,6,8,10,12,14H2,1-5H3. The molecule has 5 heteroatoms. The molecule has 0 radical (unpaired) electrons. The molecule has 0 aliphatic carbocycles. The Balaban J connectivity index is 3.08. The number of Topliss-reactive ketones (excluding diaryl/α,β-unsaturated/α-hetero) is 1. The minimum absolute atomic E-state index is 0.277. The second-order valence-electron chi connectivity index (χ2n) is 7.34. The van der Waals surface area contributed by atoms with Crippen molar-refractivity contribution in [3.8, 4) is 17.2 Å². The lowest BCUT2D eigenvalue weighted by atomic mass is 10.00. The van der Waals surface area contributed by atoms with Gasteiger partial charge in [0.15, 0.2) is 5.78 Å². The highest BCUT2D eigenvalue weighted by molar-refractivity contribution is 6.02. The maximum atomic E-state index is 11.9. The van der Waals surface area contributed by atoms with Gasteiger partial charge < -0.3 is 20.1 Å². The number of aromatic hydroxyl groups is 2. The Kier molecular flexibility index (Phi) is 9.52. The van der Waals surface area contributed by atoms with E-state index in [0.717, 1.165) is 18.4 Å². The van der Waals surface area contributed by atoms with Gasteiger partial charge >= 0.3 is 0 Å². The van der Waals surface area contributed by atoms with Gasteiger partial charge in [0.2, 0.25) is 0 Å². The molecule has 0 aromatic heterocycles. The topological polar surface area (TPSA) is 87.0 Å². The van der Waals surface area contributed by atoms with Gasteiger partial charge in [-0.3, -0.25) is 4.79 Å². The number of rotatable bonds is 10.